The van der Waals surface area contributed by atoms with E-state index >= 15 is 0 Å². The van der Waals surface area contributed by atoms with Crippen LogP contribution in [0.5, 0.6) is 0 Å². The first-order valence-electron chi connectivity index (χ1n) is 5.61. The highest BCUT2D eigenvalue weighted by Crippen LogP contribution is 2.25. The molecule has 0 spiro atoms. The van der Waals surface area contributed by atoms with Gasteiger partial charge in [-0.05, 0) is 29.0 Å². The number of hydrogen-bond acceptors (Lipinski definition) is 1. The van der Waals surface area contributed by atoms with Crippen LogP contribution in [0.1, 0.15) is 31.9 Å². The van der Waals surface area contributed by atoms with E-state index in [0.717, 1.165) is 12.1 Å². The smallest absolute Gasteiger partial charge is 0.319 e. The fourth-order valence-corrected chi connectivity index (χ4v) is 1.98. The lowest BCUT2D eigenvalue weighted by molar-refractivity contribution is 0.251. The van der Waals surface area contributed by atoms with Crippen molar-refractivity contribution in [2.75, 3.05) is 5.32 Å². The van der Waals surface area contributed by atoms with Crippen LogP contribution in [0, 0.1) is 5.41 Å². The van der Waals surface area contributed by atoms with Gasteiger partial charge in [0.1, 0.15) is 0 Å². The van der Waals surface area contributed by atoms with Crippen molar-refractivity contribution in [3.8, 4) is 0 Å². The molecule has 86 valence electrons. The number of hydrogen-bond donors (Lipinski definition) is 2. The zero-order chi connectivity index (χ0) is 11.8. The number of urea groups is 1. The van der Waals surface area contributed by atoms with Gasteiger partial charge in [-0.15, -0.1) is 0 Å². The number of anilines is 1. The molecule has 16 heavy (non-hydrogen) atoms. The van der Waals surface area contributed by atoms with Gasteiger partial charge in [0.2, 0.25) is 0 Å². The van der Waals surface area contributed by atoms with Gasteiger partial charge in [-0.3, -0.25) is 0 Å². The third-order valence-electron chi connectivity index (χ3n) is 2.59. The fourth-order valence-electron chi connectivity index (χ4n) is 1.98. The summed E-state index contributed by atoms with van der Waals surface area (Å²) < 4.78 is 0. The molecule has 1 aromatic carbocycles. The first kappa shape index (κ1) is 11.0. The number of fused-ring (bicyclic) bond motifs is 1. The second kappa shape index (κ2) is 3.81. The molecule has 1 aromatic rings. The molecule has 1 aliphatic rings. The normalized spacial score (nSPS) is 15.1. The van der Waals surface area contributed by atoms with Gasteiger partial charge in [0, 0.05) is 12.2 Å². The molecule has 3 nitrogen and oxygen atoms in total. The number of carbonyl (C=O) groups excluding carboxylic acids is 1. The summed E-state index contributed by atoms with van der Waals surface area (Å²) in [5.74, 6) is 0. The fraction of sp³-hybridized carbons (Fsp3) is 0.462. The second-order valence-electron chi connectivity index (χ2n) is 5.54. The van der Waals surface area contributed by atoms with Crippen molar-refractivity contribution < 1.29 is 4.79 Å². The minimum atomic E-state index is -0.115. The second-order valence-corrected chi connectivity index (χ2v) is 5.54. The number of benzene rings is 1. The van der Waals surface area contributed by atoms with Gasteiger partial charge >= 0.3 is 6.03 Å². The third-order valence-corrected chi connectivity index (χ3v) is 2.59. The Morgan fingerprint density at radius 1 is 1.31 bits per heavy atom. The van der Waals surface area contributed by atoms with Crippen LogP contribution in [0.3, 0.4) is 0 Å². The third kappa shape index (κ3) is 2.54. The summed E-state index contributed by atoms with van der Waals surface area (Å²) in [6, 6.07) is 6.15. The molecule has 3 heteroatoms. The molecule has 0 fully saturated rings. The van der Waals surface area contributed by atoms with E-state index in [4.69, 9.17) is 0 Å². The van der Waals surface area contributed by atoms with E-state index in [9.17, 15) is 4.79 Å². The van der Waals surface area contributed by atoms with Gasteiger partial charge in [-0.2, -0.15) is 0 Å². The quantitative estimate of drug-likeness (QED) is 0.747. The highest BCUT2D eigenvalue weighted by Gasteiger charge is 2.16. The van der Waals surface area contributed by atoms with Crippen molar-refractivity contribution in [3.63, 3.8) is 0 Å². The predicted octanol–water partition coefficient (Wildman–Crippen LogP) is 2.91. The summed E-state index contributed by atoms with van der Waals surface area (Å²) in [5, 5.41) is 5.58. The van der Waals surface area contributed by atoms with Gasteiger partial charge in [-0.1, -0.05) is 32.9 Å². The van der Waals surface area contributed by atoms with Crippen LogP contribution >= 0.6 is 0 Å². The molecule has 2 N–H and O–H groups in total. The zero-order valence-corrected chi connectivity index (χ0v) is 10.1. The van der Waals surface area contributed by atoms with Crippen molar-refractivity contribution in [1.82, 2.24) is 5.32 Å². The monoisotopic (exact) mass is 218 g/mol. The first-order valence-corrected chi connectivity index (χ1v) is 5.61. The van der Waals surface area contributed by atoms with Crippen molar-refractivity contribution in [1.29, 1.82) is 0 Å². The molecule has 0 aliphatic carbocycles. The first-order chi connectivity index (χ1) is 7.44. The molecule has 1 aliphatic heterocycles. The van der Waals surface area contributed by atoms with E-state index in [2.05, 4.69) is 43.5 Å². The molecule has 0 bridgehead atoms. The van der Waals surface area contributed by atoms with Crippen molar-refractivity contribution >= 4 is 11.7 Å². The van der Waals surface area contributed by atoms with Gasteiger partial charge in [0.25, 0.3) is 0 Å². The van der Waals surface area contributed by atoms with Crippen LogP contribution in [0.25, 0.3) is 0 Å². The lowest BCUT2D eigenvalue weighted by Gasteiger charge is -2.22. The highest BCUT2D eigenvalue weighted by atomic mass is 16.2. The number of carbonyl (C=O) groups is 1. The van der Waals surface area contributed by atoms with Crippen molar-refractivity contribution in [3.05, 3.63) is 29.3 Å². The molecule has 0 atom stereocenters. The molecule has 2 amide bonds. The SMILES string of the molecule is CC(C)(C)Cc1ccc2c(c1)CNC(=O)N2. The van der Waals surface area contributed by atoms with Gasteiger partial charge in [-0.25, -0.2) is 4.79 Å². The summed E-state index contributed by atoms with van der Waals surface area (Å²) in [7, 11) is 0. The Bertz CT molecular complexity index is 418. The summed E-state index contributed by atoms with van der Waals surface area (Å²) in [5.41, 5.74) is 3.71. The van der Waals surface area contributed by atoms with Crippen LogP contribution in [0.4, 0.5) is 10.5 Å². The average Bonchev–Trinajstić information content (AvgIpc) is 2.16. The molecule has 2 rings (SSSR count). The maximum atomic E-state index is 11.1. The largest absolute Gasteiger partial charge is 0.334 e. The Kier molecular flexibility index (Phi) is 2.62. The molecular weight excluding hydrogens is 200 g/mol. The number of nitrogens with one attached hydrogen (secondary N) is 2. The summed E-state index contributed by atoms with van der Waals surface area (Å²) in [4.78, 5) is 11.1. The van der Waals surface area contributed by atoms with Gasteiger partial charge in [0.15, 0.2) is 0 Å². The summed E-state index contributed by atoms with van der Waals surface area (Å²) in [6.07, 6.45) is 1.05. The Hall–Kier alpha value is -1.51. The van der Waals surface area contributed by atoms with Crippen molar-refractivity contribution in [2.24, 2.45) is 5.41 Å². The average molecular weight is 218 g/mol. The van der Waals surface area contributed by atoms with E-state index in [-0.39, 0.29) is 6.03 Å². The minimum absolute atomic E-state index is 0.115. The summed E-state index contributed by atoms with van der Waals surface area (Å²) >= 11 is 0. The molecule has 0 saturated carbocycles. The summed E-state index contributed by atoms with van der Waals surface area (Å²) in [6.45, 7) is 7.31. The number of rotatable bonds is 1. The van der Waals surface area contributed by atoms with Crippen molar-refractivity contribution in [2.45, 2.75) is 33.7 Å². The van der Waals surface area contributed by atoms with Crippen LogP contribution in [0.2, 0.25) is 0 Å². The van der Waals surface area contributed by atoms with Gasteiger partial charge < -0.3 is 10.6 Å². The molecule has 0 saturated heterocycles. The maximum absolute atomic E-state index is 11.1. The topological polar surface area (TPSA) is 41.1 Å². The standard InChI is InChI=1S/C13H18N2O/c1-13(2,3)7-9-4-5-11-10(6-9)8-14-12(16)15-11/h4-6H,7-8H2,1-3H3,(H2,14,15,16). The Labute approximate surface area is 96.2 Å². The van der Waals surface area contributed by atoms with Crippen LogP contribution in [0.15, 0.2) is 18.2 Å². The Morgan fingerprint density at radius 2 is 2.06 bits per heavy atom. The number of amides is 2. The maximum Gasteiger partial charge on any atom is 0.319 e. The molecular formula is C13H18N2O. The molecule has 1 heterocycles. The van der Waals surface area contributed by atoms with E-state index in [1.807, 2.05) is 6.07 Å². The van der Waals surface area contributed by atoms with Crippen LogP contribution in [-0.4, -0.2) is 6.03 Å². The van der Waals surface area contributed by atoms with E-state index < -0.39 is 0 Å². The van der Waals surface area contributed by atoms with Gasteiger partial charge in [0.05, 0.1) is 0 Å². The molecule has 0 radical (unpaired) electrons. The van der Waals surface area contributed by atoms with E-state index in [1.165, 1.54) is 11.1 Å². The van der Waals surface area contributed by atoms with E-state index in [1.54, 1.807) is 0 Å². The van der Waals surface area contributed by atoms with Crippen LogP contribution in [-0.2, 0) is 13.0 Å². The van der Waals surface area contributed by atoms with E-state index in [0.29, 0.717) is 12.0 Å². The minimum Gasteiger partial charge on any atom is -0.334 e. The highest BCUT2D eigenvalue weighted by molar-refractivity contribution is 5.92. The lowest BCUT2D eigenvalue weighted by Crippen LogP contribution is -2.33. The van der Waals surface area contributed by atoms with Crippen LogP contribution < -0.4 is 10.6 Å². The Morgan fingerprint density at radius 3 is 2.75 bits per heavy atom. The molecule has 0 unspecified atom stereocenters. The molecule has 0 aromatic heterocycles. The zero-order valence-electron chi connectivity index (χ0n) is 10.1. The Balaban J connectivity index is 2.23. The lowest BCUT2D eigenvalue weighted by atomic mass is 9.87. The predicted molar refractivity (Wildman–Crippen MR) is 65.5 cm³/mol.